The molecule has 10 nitrogen and oxygen atoms in total. The second-order valence-corrected chi connectivity index (χ2v) is 11.6. The van der Waals surface area contributed by atoms with Crippen LogP contribution in [0.5, 0.6) is 0 Å². The van der Waals surface area contributed by atoms with Gasteiger partial charge in [-0.25, -0.2) is 13.2 Å². The fourth-order valence-corrected chi connectivity index (χ4v) is 5.73. The number of anilines is 1. The molecule has 2 aromatic heterocycles. The molecule has 1 aliphatic heterocycles. The summed E-state index contributed by atoms with van der Waals surface area (Å²) in [6, 6.07) is 14.2. The summed E-state index contributed by atoms with van der Waals surface area (Å²) in [6.45, 7) is 3.49. The normalized spacial score (nSPS) is 17.2. The van der Waals surface area contributed by atoms with Crippen LogP contribution in [0.4, 0.5) is 5.69 Å². The number of hydrogen-bond acceptors (Lipinski definition) is 8. The molecule has 1 N–H and O–H groups in total. The Kier molecular flexibility index (Phi) is 7.35. The van der Waals surface area contributed by atoms with Crippen molar-refractivity contribution in [2.24, 2.45) is 0 Å². The van der Waals surface area contributed by atoms with Crippen LogP contribution in [0.25, 0.3) is 22.3 Å². The van der Waals surface area contributed by atoms with Crippen molar-refractivity contribution in [1.29, 1.82) is 0 Å². The van der Waals surface area contributed by atoms with E-state index in [9.17, 15) is 18.0 Å². The van der Waals surface area contributed by atoms with Crippen LogP contribution >= 0.6 is 0 Å². The van der Waals surface area contributed by atoms with Crippen molar-refractivity contribution in [1.82, 2.24) is 10.3 Å². The molecule has 1 aliphatic rings. The molecule has 208 valence electrons. The standard InChI is InChI=1S/C29H29N3O7S/c1-17-7-9-19(10-8-17)27-26(28(33)30-3)23-12-22-18(2)38-21(16-37-29(34)20-6-5-11-31-14-20)15-32(40(4,35)36)24(22)13-25(23)39-27/h5-14,18,21H,15-16H2,1-4H3,(H,30,33)/t18-,21-/m0/s1. The first-order valence-electron chi connectivity index (χ1n) is 12.7. The van der Waals surface area contributed by atoms with Gasteiger partial charge in [0.05, 0.1) is 35.7 Å². The molecule has 11 heteroatoms. The number of fused-ring (bicyclic) bond motifs is 2. The molecular formula is C29H29N3O7S. The number of aromatic nitrogens is 1. The average Bonchev–Trinajstić information content (AvgIpc) is 3.24. The van der Waals surface area contributed by atoms with Gasteiger partial charge in [0.2, 0.25) is 10.0 Å². The summed E-state index contributed by atoms with van der Waals surface area (Å²) in [6.07, 6.45) is 2.69. The molecule has 0 radical (unpaired) electrons. The van der Waals surface area contributed by atoms with E-state index in [1.807, 2.05) is 31.2 Å². The third kappa shape index (κ3) is 5.30. The smallest absolute Gasteiger partial charge is 0.339 e. The highest BCUT2D eigenvalue weighted by molar-refractivity contribution is 7.92. The van der Waals surface area contributed by atoms with Crippen molar-refractivity contribution in [3.8, 4) is 11.3 Å². The third-order valence-electron chi connectivity index (χ3n) is 6.78. The number of ether oxygens (including phenoxy) is 2. The second kappa shape index (κ2) is 10.7. The van der Waals surface area contributed by atoms with Crippen LogP contribution < -0.4 is 9.62 Å². The number of carbonyl (C=O) groups is 2. The van der Waals surface area contributed by atoms with Gasteiger partial charge < -0.3 is 19.2 Å². The number of pyridine rings is 1. The first kappa shape index (κ1) is 27.4. The zero-order valence-electron chi connectivity index (χ0n) is 22.5. The van der Waals surface area contributed by atoms with Gasteiger partial charge in [0.1, 0.15) is 24.1 Å². The topological polar surface area (TPSA) is 128 Å². The second-order valence-electron chi connectivity index (χ2n) is 9.69. The molecule has 0 bridgehead atoms. The Hall–Kier alpha value is -4.22. The molecule has 0 aliphatic carbocycles. The van der Waals surface area contributed by atoms with E-state index in [2.05, 4.69) is 10.3 Å². The van der Waals surface area contributed by atoms with E-state index in [0.717, 1.165) is 17.4 Å². The van der Waals surface area contributed by atoms with Crippen molar-refractivity contribution in [3.05, 3.63) is 83.2 Å². The number of hydrogen-bond donors (Lipinski definition) is 1. The van der Waals surface area contributed by atoms with Gasteiger partial charge in [0, 0.05) is 42.0 Å². The molecule has 0 unspecified atom stereocenters. The maximum Gasteiger partial charge on any atom is 0.339 e. The molecule has 0 fully saturated rings. The van der Waals surface area contributed by atoms with Gasteiger partial charge in [-0.15, -0.1) is 0 Å². The molecule has 40 heavy (non-hydrogen) atoms. The van der Waals surface area contributed by atoms with E-state index < -0.39 is 28.2 Å². The van der Waals surface area contributed by atoms with Crippen LogP contribution in [0, 0.1) is 6.92 Å². The lowest BCUT2D eigenvalue weighted by Crippen LogP contribution is -2.39. The molecule has 4 aromatic rings. The van der Waals surface area contributed by atoms with Crippen molar-refractivity contribution in [2.45, 2.75) is 26.1 Å². The highest BCUT2D eigenvalue weighted by atomic mass is 32.2. The van der Waals surface area contributed by atoms with Crippen molar-refractivity contribution in [3.63, 3.8) is 0 Å². The Balaban J connectivity index is 1.56. The zero-order chi connectivity index (χ0) is 28.6. The van der Waals surface area contributed by atoms with E-state index in [0.29, 0.717) is 33.5 Å². The SMILES string of the molecule is CNC(=O)c1c(-c2ccc(C)cc2)oc2cc3c(cc12)[C@H](C)O[C@H](COC(=O)c1cccnc1)CN3S(C)(=O)=O. The number of esters is 1. The summed E-state index contributed by atoms with van der Waals surface area (Å²) in [5.41, 5.74) is 3.68. The molecule has 5 rings (SSSR count). The van der Waals surface area contributed by atoms with Gasteiger partial charge in [-0.2, -0.15) is 0 Å². The Morgan fingerprint density at radius 3 is 2.58 bits per heavy atom. The Morgan fingerprint density at radius 2 is 1.93 bits per heavy atom. The van der Waals surface area contributed by atoms with Gasteiger partial charge >= 0.3 is 5.97 Å². The number of aryl methyl sites for hydroxylation is 1. The predicted octanol–water partition coefficient (Wildman–Crippen LogP) is 4.25. The van der Waals surface area contributed by atoms with Crippen LogP contribution in [0.2, 0.25) is 0 Å². The number of carbonyl (C=O) groups excluding carboxylic acids is 2. The van der Waals surface area contributed by atoms with Crippen LogP contribution in [0.3, 0.4) is 0 Å². The average molecular weight is 564 g/mol. The summed E-state index contributed by atoms with van der Waals surface area (Å²) in [5, 5.41) is 3.20. The maximum absolute atomic E-state index is 13.0. The molecule has 2 atom stereocenters. The fourth-order valence-electron chi connectivity index (χ4n) is 4.78. The van der Waals surface area contributed by atoms with Gasteiger partial charge in [-0.1, -0.05) is 29.8 Å². The number of benzene rings is 2. The quantitative estimate of drug-likeness (QED) is 0.345. The van der Waals surface area contributed by atoms with Crippen molar-refractivity contribution >= 4 is 38.6 Å². The highest BCUT2D eigenvalue weighted by Crippen LogP contribution is 2.42. The Bertz CT molecular complexity index is 1680. The predicted molar refractivity (Wildman–Crippen MR) is 150 cm³/mol. The third-order valence-corrected chi connectivity index (χ3v) is 7.92. The van der Waals surface area contributed by atoms with E-state index in [1.54, 1.807) is 37.4 Å². The van der Waals surface area contributed by atoms with E-state index in [-0.39, 0.29) is 24.6 Å². The van der Waals surface area contributed by atoms with Gasteiger partial charge in [-0.3, -0.25) is 14.1 Å². The molecule has 0 saturated heterocycles. The lowest BCUT2D eigenvalue weighted by molar-refractivity contribution is -0.0337. The summed E-state index contributed by atoms with van der Waals surface area (Å²) in [5.74, 6) is -0.542. The van der Waals surface area contributed by atoms with Gasteiger partial charge in [0.15, 0.2) is 0 Å². The first-order valence-corrected chi connectivity index (χ1v) is 14.5. The fraction of sp³-hybridized carbons (Fsp3) is 0.276. The minimum atomic E-state index is -3.78. The van der Waals surface area contributed by atoms with Crippen molar-refractivity contribution < 1.29 is 31.9 Å². The van der Waals surface area contributed by atoms with Crippen molar-refractivity contribution in [2.75, 3.05) is 30.8 Å². The van der Waals surface area contributed by atoms with E-state index in [1.165, 1.54) is 17.5 Å². The number of amides is 1. The molecule has 3 heterocycles. The number of nitrogens with one attached hydrogen (secondary N) is 1. The molecule has 2 aromatic carbocycles. The summed E-state index contributed by atoms with van der Waals surface area (Å²) < 4.78 is 45.0. The first-order chi connectivity index (χ1) is 19.1. The lowest BCUT2D eigenvalue weighted by atomic mass is 10.00. The van der Waals surface area contributed by atoms with Gasteiger partial charge in [0.25, 0.3) is 5.91 Å². The van der Waals surface area contributed by atoms with Crippen LogP contribution in [0.1, 0.15) is 44.9 Å². The summed E-state index contributed by atoms with van der Waals surface area (Å²) in [7, 11) is -2.24. The molecule has 0 spiro atoms. The number of furan rings is 1. The van der Waals surface area contributed by atoms with E-state index in [4.69, 9.17) is 13.9 Å². The zero-order valence-corrected chi connectivity index (χ0v) is 23.3. The van der Waals surface area contributed by atoms with E-state index >= 15 is 0 Å². The molecule has 0 saturated carbocycles. The summed E-state index contributed by atoms with van der Waals surface area (Å²) in [4.78, 5) is 29.4. The minimum Gasteiger partial charge on any atom is -0.459 e. The minimum absolute atomic E-state index is 0.0875. The Morgan fingerprint density at radius 1 is 1.18 bits per heavy atom. The monoisotopic (exact) mass is 563 g/mol. The molecular weight excluding hydrogens is 534 g/mol. The molecule has 1 amide bonds. The largest absolute Gasteiger partial charge is 0.459 e. The lowest BCUT2D eigenvalue weighted by Gasteiger charge is -2.24. The number of sulfonamides is 1. The van der Waals surface area contributed by atoms with Crippen LogP contribution in [-0.4, -0.2) is 57.8 Å². The summed E-state index contributed by atoms with van der Waals surface area (Å²) >= 11 is 0. The highest BCUT2D eigenvalue weighted by Gasteiger charge is 2.34. The van der Waals surface area contributed by atoms with Crippen LogP contribution in [0.15, 0.2) is 65.3 Å². The maximum atomic E-state index is 13.0. The van der Waals surface area contributed by atoms with Crippen LogP contribution in [-0.2, 0) is 19.5 Å². The Labute approximate surface area is 232 Å². The number of rotatable bonds is 6. The van der Waals surface area contributed by atoms with Gasteiger partial charge in [-0.05, 0) is 32.0 Å². The number of nitrogens with zero attached hydrogens (tertiary/aromatic N) is 2.